The summed E-state index contributed by atoms with van der Waals surface area (Å²) in [4.78, 5) is 17.4. The lowest BCUT2D eigenvalue weighted by Gasteiger charge is -2.03. The predicted molar refractivity (Wildman–Crippen MR) is 90.5 cm³/mol. The zero-order valence-corrected chi connectivity index (χ0v) is 14.1. The van der Waals surface area contributed by atoms with Crippen molar-refractivity contribution in [3.8, 4) is 10.6 Å². The lowest BCUT2D eigenvalue weighted by Crippen LogP contribution is -2.24. The molecule has 22 heavy (non-hydrogen) atoms. The van der Waals surface area contributed by atoms with Gasteiger partial charge in [-0.15, -0.1) is 11.3 Å². The van der Waals surface area contributed by atoms with Crippen LogP contribution in [0.4, 0.5) is 0 Å². The van der Waals surface area contributed by atoms with Gasteiger partial charge in [-0.1, -0.05) is 31.2 Å². The van der Waals surface area contributed by atoms with Crippen LogP contribution >= 0.6 is 11.3 Å². The molecule has 1 aromatic carbocycles. The highest BCUT2D eigenvalue weighted by Gasteiger charge is 2.15. The number of nitrogens with zero attached hydrogens (tertiary/aromatic N) is 1. The van der Waals surface area contributed by atoms with Gasteiger partial charge < -0.3 is 10.1 Å². The van der Waals surface area contributed by atoms with Crippen LogP contribution in [0.15, 0.2) is 24.3 Å². The average Bonchev–Trinajstić information content (AvgIpc) is 2.93. The molecule has 118 valence electrons. The monoisotopic (exact) mass is 318 g/mol. The van der Waals surface area contributed by atoms with E-state index in [0.717, 1.165) is 29.1 Å². The second-order valence-corrected chi connectivity index (χ2v) is 6.09. The number of amides is 1. The van der Waals surface area contributed by atoms with E-state index in [9.17, 15) is 4.79 Å². The van der Waals surface area contributed by atoms with Crippen molar-refractivity contribution in [1.29, 1.82) is 0 Å². The molecule has 0 saturated carbocycles. The maximum atomic E-state index is 12.2. The molecule has 4 nitrogen and oxygen atoms in total. The van der Waals surface area contributed by atoms with E-state index in [1.54, 1.807) is 7.11 Å². The Hall–Kier alpha value is -1.72. The first-order chi connectivity index (χ1) is 10.7. The summed E-state index contributed by atoms with van der Waals surface area (Å²) in [5.41, 5.74) is 3.14. The molecule has 0 unspecified atom stereocenters. The van der Waals surface area contributed by atoms with Gasteiger partial charge >= 0.3 is 0 Å². The highest BCUT2D eigenvalue weighted by molar-refractivity contribution is 7.17. The van der Waals surface area contributed by atoms with Gasteiger partial charge in [-0.25, -0.2) is 4.98 Å². The Morgan fingerprint density at radius 1 is 1.32 bits per heavy atom. The van der Waals surface area contributed by atoms with Crippen LogP contribution in [-0.2, 0) is 11.2 Å². The van der Waals surface area contributed by atoms with Crippen molar-refractivity contribution in [2.75, 3.05) is 20.3 Å². The second-order valence-electron chi connectivity index (χ2n) is 5.09. The Kier molecular flexibility index (Phi) is 6.10. The maximum absolute atomic E-state index is 12.2. The number of benzene rings is 1. The van der Waals surface area contributed by atoms with Crippen LogP contribution in [0.1, 0.15) is 34.3 Å². The van der Waals surface area contributed by atoms with Gasteiger partial charge in [-0.2, -0.15) is 0 Å². The van der Waals surface area contributed by atoms with Gasteiger partial charge in [0, 0.05) is 25.8 Å². The number of ether oxygens (including phenoxy) is 1. The molecule has 1 aromatic heterocycles. The number of carbonyl (C=O) groups excluding carboxylic acids is 1. The molecule has 2 rings (SSSR count). The standard InChI is InChI=1S/C17H22N2O2S/c1-4-13-6-8-14(9-7-13)17-19-12(2)15(22-17)16(20)18-10-5-11-21-3/h6-9H,4-5,10-11H2,1-3H3,(H,18,20). The number of rotatable bonds is 7. The van der Waals surface area contributed by atoms with E-state index < -0.39 is 0 Å². The number of carbonyl (C=O) groups is 1. The van der Waals surface area contributed by atoms with Crippen molar-refractivity contribution in [3.05, 3.63) is 40.4 Å². The predicted octanol–water partition coefficient (Wildman–Crippen LogP) is 3.45. The second kappa shape index (κ2) is 8.06. The summed E-state index contributed by atoms with van der Waals surface area (Å²) < 4.78 is 4.97. The van der Waals surface area contributed by atoms with Crippen LogP contribution in [-0.4, -0.2) is 31.2 Å². The largest absolute Gasteiger partial charge is 0.385 e. The highest BCUT2D eigenvalue weighted by atomic mass is 32.1. The summed E-state index contributed by atoms with van der Waals surface area (Å²) in [6.45, 7) is 5.28. The number of thiazole rings is 1. The first kappa shape index (κ1) is 16.6. The summed E-state index contributed by atoms with van der Waals surface area (Å²) in [6, 6.07) is 8.35. The van der Waals surface area contributed by atoms with Crippen molar-refractivity contribution in [3.63, 3.8) is 0 Å². The maximum Gasteiger partial charge on any atom is 0.263 e. The van der Waals surface area contributed by atoms with Crippen molar-refractivity contribution in [2.45, 2.75) is 26.7 Å². The molecule has 0 aliphatic heterocycles. The van der Waals surface area contributed by atoms with Crippen molar-refractivity contribution < 1.29 is 9.53 Å². The van der Waals surface area contributed by atoms with E-state index in [1.807, 2.05) is 6.92 Å². The molecule has 0 saturated heterocycles. The SMILES string of the molecule is CCc1ccc(-c2nc(C)c(C(=O)NCCCOC)s2)cc1. The third-order valence-corrected chi connectivity index (χ3v) is 4.63. The van der Waals surface area contributed by atoms with Gasteiger partial charge in [-0.3, -0.25) is 4.79 Å². The van der Waals surface area contributed by atoms with E-state index in [0.29, 0.717) is 18.0 Å². The van der Waals surface area contributed by atoms with Crippen LogP contribution in [0.5, 0.6) is 0 Å². The number of aromatic nitrogens is 1. The van der Waals surface area contributed by atoms with E-state index in [2.05, 4.69) is 41.5 Å². The van der Waals surface area contributed by atoms with E-state index in [4.69, 9.17) is 4.74 Å². The smallest absolute Gasteiger partial charge is 0.263 e. The summed E-state index contributed by atoms with van der Waals surface area (Å²) >= 11 is 1.44. The molecule has 0 fully saturated rings. The van der Waals surface area contributed by atoms with Crippen molar-refractivity contribution in [2.24, 2.45) is 0 Å². The summed E-state index contributed by atoms with van der Waals surface area (Å²) in [5, 5.41) is 3.80. The lowest BCUT2D eigenvalue weighted by molar-refractivity contribution is 0.0952. The number of aryl methyl sites for hydroxylation is 2. The molecule has 0 atom stereocenters. The van der Waals surface area contributed by atoms with Gasteiger partial charge in [0.25, 0.3) is 5.91 Å². The van der Waals surface area contributed by atoms with Gasteiger partial charge in [0.2, 0.25) is 0 Å². The summed E-state index contributed by atoms with van der Waals surface area (Å²) in [7, 11) is 1.66. The molecular weight excluding hydrogens is 296 g/mol. The Balaban J connectivity index is 2.08. The fraction of sp³-hybridized carbons (Fsp3) is 0.412. The molecule has 0 bridgehead atoms. The van der Waals surface area contributed by atoms with E-state index in [-0.39, 0.29) is 5.91 Å². The summed E-state index contributed by atoms with van der Waals surface area (Å²) in [6.07, 6.45) is 1.83. The van der Waals surface area contributed by atoms with Crippen LogP contribution in [0.25, 0.3) is 10.6 Å². The van der Waals surface area contributed by atoms with Crippen molar-refractivity contribution in [1.82, 2.24) is 10.3 Å². The van der Waals surface area contributed by atoms with Gasteiger partial charge in [0.1, 0.15) is 9.88 Å². The zero-order valence-electron chi connectivity index (χ0n) is 13.3. The molecule has 1 amide bonds. The number of hydrogen-bond donors (Lipinski definition) is 1. The molecule has 1 heterocycles. The topological polar surface area (TPSA) is 51.2 Å². The fourth-order valence-corrected chi connectivity index (χ4v) is 3.10. The Bertz CT molecular complexity index is 620. The fourth-order valence-electron chi connectivity index (χ4n) is 2.11. The number of hydrogen-bond acceptors (Lipinski definition) is 4. The molecule has 0 radical (unpaired) electrons. The third kappa shape index (κ3) is 4.15. The number of methoxy groups -OCH3 is 1. The van der Waals surface area contributed by atoms with Gasteiger partial charge in [-0.05, 0) is 25.3 Å². The molecule has 1 N–H and O–H groups in total. The van der Waals surface area contributed by atoms with Crippen LogP contribution < -0.4 is 5.32 Å². The Morgan fingerprint density at radius 3 is 2.68 bits per heavy atom. The van der Waals surface area contributed by atoms with E-state index in [1.165, 1.54) is 16.9 Å². The first-order valence-electron chi connectivity index (χ1n) is 7.49. The molecular formula is C17H22N2O2S. The average molecular weight is 318 g/mol. The quantitative estimate of drug-likeness (QED) is 0.796. The normalized spacial score (nSPS) is 10.7. The van der Waals surface area contributed by atoms with Crippen LogP contribution in [0, 0.1) is 6.92 Å². The van der Waals surface area contributed by atoms with Crippen LogP contribution in [0.2, 0.25) is 0 Å². The number of nitrogens with one attached hydrogen (secondary N) is 1. The first-order valence-corrected chi connectivity index (χ1v) is 8.31. The summed E-state index contributed by atoms with van der Waals surface area (Å²) in [5.74, 6) is -0.0532. The highest BCUT2D eigenvalue weighted by Crippen LogP contribution is 2.28. The van der Waals surface area contributed by atoms with Crippen molar-refractivity contribution >= 4 is 17.2 Å². The zero-order chi connectivity index (χ0) is 15.9. The molecule has 0 aliphatic rings. The molecule has 2 aromatic rings. The van der Waals surface area contributed by atoms with E-state index >= 15 is 0 Å². The van der Waals surface area contributed by atoms with Crippen LogP contribution in [0.3, 0.4) is 0 Å². The van der Waals surface area contributed by atoms with Gasteiger partial charge in [0.05, 0.1) is 5.69 Å². The van der Waals surface area contributed by atoms with Gasteiger partial charge in [0.15, 0.2) is 0 Å². The minimum atomic E-state index is -0.0532. The minimum absolute atomic E-state index is 0.0532. The molecule has 0 spiro atoms. The Labute approximate surface area is 135 Å². The Morgan fingerprint density at radius 2 is 2.05 bits per heavy atom. The minimum Gasteiger partial charge on any atom is -0.385 e. The molecule has 0 aliphatic carbocycles. The third-order valence-electron chi connectivity index (χ3n) is 3.42. The lowest BCUT2D eigenvalue weighted by atomic mass is 10.1. The molecule has 5 heteroatoms.